The van der Waals surface area contributed by atoms with E-state index in [1.54, 1.807) is 13.8 Å². The van der Waals surface area contributed by atoms with Crippen LogP contribution in [0.2, 0.25) is 0 Å². The fourth-order valence-corrected chi connectivity index (χ4v) is 2.73. The number of rotatable bonds is 5. The summed E-state index contributed by atoms with van der Waals surface area (Å²) in [6.45, 7) is 7.29. The van der Waals surface area contributed by atoms with Crippen LogP contribution < -0.4 is 0 Å². The molecule has 0 aliphatic heterocycles. The monoisotopic (exact) mass is 318 g/mol. The maximum absolute atomic E-state index is 12.1. The first-order chi connectivity index (χ1) is 9.16. The van der Waals surface area contributed by atoms with Gasteiger partial charge < -0.3 is 4.74 Å². The van der Waals surface area contributed by atoms with Crippen LogP contribution in [0.5, 0.6) is 0 Å². The van der Waals surface area contributed by atoms with E-state index in [1.165, 1.54) is 12.1 Å². The van der Waals surface area contributed by atoms with Gasteiger partial charge in [-0.25, -0.2) is 13.2 Å². The van der Waals surface area contributed by atoms with E-state index in [2.05, 4.69) is 0 Å². The Morgan fingerprint density at radius 1 is 1.35 bits per heavy atom. The van der Waals surface area contributed by atoms with Crippen molar-refractivity contribution in [3.8, 4) is 0 Å². The molecular formula is C14H19ClO4S. The van der Waals surface area contributed by atoms with Gasteiger partial charge in [-0.1, -0.05) is 13.3 Å². The van der Waals surface area contributed by atoms with Gasteiger partial charge in [0, 0.05) is 10.7 Å². The first-order valence-electron chi connectivity index (χ1n) is 6.43. The highest BCUT2D eigenvalue weighted by atomic mass is 35.7. The molecule has 1 rings (SSSR count). The van der Waals surface area contributed by atoms with Gasteiger partial charge in [0.05, 0.1) is 16.6 Å². The molecule has 0 amide bonds. The lowest BCUT2D eigenvalue weighted by molar-refractivity contribution is 0.0322. The lowest BCUT2D eigenvalue weighted by atomic mass is 10.0. The minimum absolute atomic E-state index is 0.0858. The van der Waals surface area contributed by atoms with Crippen molar-refractivity contribution in [1.82, 2.24) is 0 Å². The van der Waals surface area contributed by atoms with E-state index < -0.39 is 15.0 Å². The highest BCUT2D eigenvalue weighted by Gasteiger charge is 2.20. The Balaban J connectivity index is 3.17. The largest absolute Gasteiger partial charge is 0.459 e. The van der Waals surface area contributed by atoms with Crippen molar-refractivity contribution in [3.05, 3.63) is 28.8 Å². The SMILES string of the molecule is CCCC(C)OC(=O)c1cc(S(=O)(=O)Cl)cc(C)c1C. The zero-order valence-corrected chi connectivity index (χ0v) is 13.6. The summed E-state index contributed by atoms with van der Waals surface area (Å²) in [6.07, 6.45) is 1.46. The summed E-state index contributed by atoms with van der Waals surface area (Å²) >= 11 is 0. The predicted octanol–water partition coefficient (Wildman–Crippen LogP) is 3.58. The third-order valence-corrected chi connectivity index (χ3v) is 4.48. The van der Waals surface area contributed by atoms with Crippen molar-refractivity contribution in [2.45, 2.75) is 51.5 Å². The lowest BCUT2D eigenvalue weighted by Crippen LogP contribution is -2.16. The summed E-state index contributed by atoms with van der Waals surface area (Å²) in [5.41, 5.74) is 1.62. The molecule has 0 saturated carbocycles. The minimum atomic E-state index is -3.87. The molecule has 112 valence electrons. The fourth-order valence-electron chi connectivity index (χ4n) is 1.89. The molecule has 20 heavy (non-hydrogen) atoms. The zero-order chi connectivity index (χ0) is 15.5. The van der Waals surface area contributed by atoms with Gasteiger partial charge in [-0.2, -0.15) is 0 Å². The molecule has 6 heteroatoms. The third kappa shape index (κ3) is 4.21. The Hall–Kier alpha value is -1.07. The first kappa shape index (κ1) is 17.0. The van der Waals surface area contributed by atoms with Crippen LogP contribution in [0.4, 0.5) is 0 Å². The third-order valence-electron chi connectivity index (χ3n) is 3.15. The normalized spacial score (nSPS) is 13.1. The fraction of sp³-hybridized carbons (Fsp3) is 0.500. The number of ether oxygens (including phenoxy) is 1. The summed E-state index contributed by atoms with van der Waals surface area (Å²) in [7, 11) is 1.46. The molecule has 0 bridgehead atoms. The van der Waals surface area contributed by atoms with Gasteiger partial charge >= 0.3 is 5.97 Å². The second kappa shape index (κ2) is 6.59. The Morgan fingerprint density at radius 3 is 2.45 bits per heavy atom. The highest BCUT2D eigenvalue weighted by molar-refractivity contribution is 8.13. The second-order valence-corrected chi connectivity index (χ2v) is 7.42. The molecule has 0 spiro atoms. The number of hydrogen-bond donors (Lipinski definition) is 0. The molecular weight excluding hydrogens is 300 g/mol. The molecule has 0 aliphatic carbocycles. The molecule has 0 saturated heterocycles. The molecule has 0 aromatic heterocycles. The number of benzene rings is 1. The Morgan fingerprint density at radius 2 is 1.95 bits per heavy atom. The molecule has 1 aromatic carbocycles. The van der Waals surface area contributed by atoms with Gasteiger partial charge in [0.15, 0.2) is 0 Å². The van der Waals surface area contributed by atoms with Crippen molar-refractivity contribution in [1.29, 1.82) is 0 Å². The van der Waals surface area contributed by atoms with Gasteiger partial charge in [0.25, 0.3) is 9.05 Å². The van der Waals surface area contributed by atoms with E-state index in [9.17, 15) is 13.2 Å². The maximum atomic E-state index is 12.1. The Kier molecular flexibility index (Phi) is 5.59. The van der Waals surface area contributed by atoms with Crippen molar-refractivity contribution in [2.24, 2.45) is 0 Å². The Labute approximate surface area is 124 Å². The summed E-state index contributed by atoms with van der Waals surface area (Å²) in [4.78, 5) is 12.0. The molecule has 1 unspecified atom stereocenters. The summed E-state index contributed by atoms with van der Waals surface area (Å²) < 4.78 is 28.1. The number of aryl methyl sites for hydroxylation is 1. The van der Waals surface area contributed by atoms with Crippen molar-refractivity contribution < 1.29 is 17.9 Å². The van der Waals surface area contributed by atoms with E-state index in [1.807, 2.05) is 13.8 Å². The molecule has 1 atom stereocenters. The van der Waals surface area contributed by atoms with Crippen molar-refractivity contribution in [2.75, 3.05) is 0 Å². The number of hydrogen-bond acceptors (Lipinski definition) is 4. The van der Waals surface area contributed by atoms with Crippen molar-refractivity contribution >= 4 is 25.7 Å². The highest BCUT2D eigenvalue weighted by Crippen LogP contribution is 2.23. The lowest BCUT2D eigenvalue weighted by Gasteiger charge is -2.15. The van der Waals surface area contributed by atoms with E-state index in [-0.39, 0.29) is 16.6 Å². The van der Waals surface area contributed by atoms with Crippen LogP contribution in [0.1, 0.15) is 48.2 Å². The van der Waals surface area contributed by atoms with E-state index in [0.717, 1.165) is 12.8 Å². The summed E-state index contributed by atoms with van der Waals surface area (Å²) in [5.74, 6) is -0.520. The van der Waals surface area contributed by atoms with Crippen LogP contribution in [-0.4, -0.2) is 20.5 Å². The zero-order valence-electron chi connectivity index (χ0n) is 12.1. The first-order valence-corrected chi connectivity index (χ1v) is 8.74. The van der Waals surface area contributed by atoms with Crippen LogP contribution in [-0.2, 0) is 13.8 Å². The molecule has 0 fully saturated rings. The number of carbonyl (C=O) groups excluding carboxylic acids is 1. The van der Waals surface area contributed by atoms with Crippen LogP contribution >= 0.6 is 10.7 Å². The minimum Gasteiger partial charge on any atom is -0.459 e. The standard InChI is InChI=1S/C14H19ClO4S/c1-5-6-10(3)19-14(16)13-8-12(20(15,17)18)7-9(2)11(13)4/h7-8,10H,5-6H2,1-4H3. The van der Waals surface area contributed by atoms with E-state index >= 15 is 0 Å². The van der Waals surface area contributed by atoms with Crippen LogP contribution in [0.15, 0.2) is 17.0 Å². The molecule has 0 N–H and O–H groups in total. The number of esters is 1. The molecule has 0 radical (unpaired) electrons. The number of carbonyl (C=O) groups is 1. The van der Waals surface area contributed by atoms with Gasteiger partial charge in [-0.05, 0) is 50.5 Å². The molecule has 1 aromatic rings. The Bertz CT molecular complexity index is 608. The maximum Gasteiger partial charge on any atom is 0.338 e. The molecule has 0 heterocycles. The van der Waals surface area contributed by atoms with Gasteiger partial charge in [-0.3, -0.25) is 0 Å². The second-order valence-electron chi connectivity index (χ2n) is 4.86. The average Bonchev–Trinajstić information content (AvgIpc) is 2.31. The summed E-state index contributed by atoms with van der Waals surface area (Å²) in [5, 5.41) is 0. The quantitative estimate of drug-likeness (QED) is 0.615. The van der Waals surface area contributed by atoms with Gasteiger partial charge in [-0.15, -0.1) is 0 Å². The molecule has 0 aliphatic rings. The van der Waals surface area contributed by atoms with E-state index in [0.29, 0.717) is 11.1 Å². The van der Waals surface area contributed by atoms with Crippen LogP contribution in [0.3, 0.4) is 0 Å². The van der Waals surface area contributed by atoms with Crippen LogP contribution in [0, 0.1) is 13.8 Å². The van der Waals surface area contributed by atoms with Gasteiger partial charge in [0.2, 0.25) is 0 Å². The smallest absolute Gasteiger partial charge is 0.338 e. The van der Waals surface area contributed by atoms with E-state index in [4.69, 9.17) is 15.4 Å². The summed E-state index contributed by atoms with van der Waals surface area (Å²) in [6, 6.07) is 2.72. The van der Waals surface area contributed by atoms with Crippen molar-refractivity contribution in [3.63, 3.8) is 0 Å². The molecule has 4 nitrogen and oxygen atoms in total. The topological polar surface area (TPSA) is 60.4 Å². The van der Waals surface area contributed by atoms with Gasteiger partial charge in [0.1, 0.15) is 0 Å². The average molecular weight is 319 g/mol. The number of halogens is 1. The predicted molar refractivity (Wildman–Crippen MR) is 78.7 cm³/mol. The van der Waals surface area contributed by atoms with Crippen LogP contribution in [0.25, 0.3) is 0 Å².